The molecule has 4 nitrogen and oxygen atoms in total. The van der Waals surface area contributed by atoms with Crippen LogP contribution in [0.15, 0.2) is 29.5 Å². The molecule has 3 rings (SSSR count). The molecule has 0 aliphatic carbocycles. The van der Waals surface area contributed by atoms with Crippen LogP contribution in [0.5, 0.6) is 0 Å². The maximum Gasteiger partial charge on any atom is 0.135 e. The Hall–Kier alpha value is -1.68. The highest BCUT2D eigenvalue weighted by atomic mass is 16.5. The predicted octanol–water partition coefficient (Wildman–Crippen LogP) is 2.78. The lowest BCUT2D eigenvalue weighted by Gasteiger charge is -2.24. The molecule has 94 valence electrons. The van der Waals surface area contributed by atoms with E-state index in [0.717, 1.165) is 29.6 Å². The van der Waals surface area contributed by atoms with E-state index in [1.165, 1.54) is 12.8 Å². The number of hydrogen-bond donors (Lipinski definition) is 0. The average Bonchev–Trinajstić information content (AvgIpc) is 2.83. The molecule has 1 aromatic heterocycles. The molecule has 2 heterocycles. The first-order chi connectivity index (χ1) is 8.88. The van der Waals surface area contributed by atoms with E-state index >= 15 is 0 Å². The Balaban J connectivity index is 1.98. The minimum absolute atomic E-state index is 0.148. The summed E-state index contributed by atoms with van der Waals surface area (Å²) in [6.45, 7) is 0.852. The molecule has 1 fully saturated rings. The Labute approximate surface area is 106 Å². The van der Waals surface area contributed by atoms with Gasteiger partial charge in [0, 0.05) is 19.9 Å². The Kier molecular flexibility index (Phi) is 3.11. The van der Waals surface area contributed by atoms with Gasteiger partial charge in [0.25, 0.3) is 0 Å². The van der Waals surface area contributed by atoms with Gasteiger partial charge in [-0.25, -0.2) is 4.98 Å². The molecular weight excluding hydrogens is 226 g/mol. The fourth-order valence-electron chi connectivity index (χ4n) is 2.45. The van der Waals surface area contributed by atoms with E-state index < -0.39 is 0 Å². The fourth-order valence-corrected chi connectivity index (χ4v) is 2.45. The molecule has 0 saturated carbocycles. The number of hydrogen-bond acceptors (Lipinski definition) is 3. The number of benzene rings is 1. The summed E-state index contributed by atoms with van der Waals surface area (Å²) in [6, 6.07) is 6.22. The zero-order chi connectivity index (χ0) is 12.4. The van der Waals surface area contributed by atoms with Crippen LogP contribution in [0.1, 0.15) is 31.1 Å². The van der Waals surface area contributed by atoms with Gasteiger partial charge in [-0.15, -0.1) is 0 Å². The topological polar surface area (TPSA) is 39.4 Å². The van der Waals surface area contributed by atoms with Gasteiger partial charge in [0.05, 0.1) is 17.4 Å². The summed E-state index contributed by atoms with van der Waals surface area (Å²) in [5.41, 5.74) is 3.22. The highest BCUT2D eigenvalue weighted by Gasteiger charge is 2.17. The van der Waals surface area contributed by atoms with Gasteiger partial charge < -0.3 is 9.30 Å². The third-order valence-electron chi connectivity index (χ3n) is 3.34. The Bertz CT molecular complexity index is 567. The molecule has 1 aliphatic heterocycles. The molecule has 1 unspecified atom stereocenters. The van der Waals surface area contributed by atoms with Crippen LogP contribution in [0.4, 0.5) is 0 Å². The van der Waals surface area contributed by atoms with Crippen LogP contribution in [-0.4, -0.2) is 29.4 Å². The molecule has 2 aromatic rings. The van der Waals surface area contributed by atoms with Crippen molar-refractivity contribution in [1.29, 1.82) is 0 Å². The maximum atomic E-state index is 5.80. The van der Waals surface area contributed by atoms with Crippen molar-refractivity contribution < 1.29 is 4.74 Å². The fraction of sp³-hybridized carbons (Fsp3) is 0.429. The number of nitrogens with zero attached hydrogens (tertiary/aromatic N) is 3. The molecule has 4 heteroatoms. The number of aromatic nitrogens is 2. The van der Waals surface area contributed by atoms with E-state index in [-0.39, 0.29) is 6.23 Å². The zero-order valence-corrected chi connectivity index (χ0v) is 10.5. The van der Waals surface area contributed by atoms with Crippen molar-refractivity contribution in [1.82, 2.24) is 9.55 Å². The SMILES string of the molecule is CN=Cc1ccc2c(c1)ncn2C1CCCCO1. The lowest BCUT2D eigenvalue weighted by molar-refractivity contribution is -0.0295. The average molecular weight is 243 g/mol. The summed E-state index contributed by atoms with van der Waals surface area (Å²) in [5, 5.41) is 0. The third kappa shape index (κ3) is 2.04. The number of aliphatic imine (C=N–C) groups is 1. The Morgan fingerprint density at radius 3 is 3.17 bits per heavy atom. The van der Waals surface area contributed by atoms with E-state index in [0.29, 0.717) is 0 Å². The number of rotatable bonds is 2. The monoisotopic (exact) mass is 243 g/mol. The standard InChI is InChI=1S/C14H17N3O/c1-15-9-11-5-6-13-12(8-11)16-10-17(13)14-4-2-3-7-18-14/h5-6,8-10,14H,2-4,7H2,1H3. The van der Waals surface area contributed by atoms with Crippen LogP contribution in [0.2, 0.25) is 0 Å². The smallest absolute Gasteiger partial charge is 0.135 e. The van der Waals surface area contributed by atoms with Gasteiger partial charge >= 0.3 is 0 Å². The molecule has 0 N–H and O–H groups in total. The largest absolute Gasteiger partial charge is 0.358 e. The normalized spacial score (nSPS) is 20.8. The number of fused-ring (bicyclic) bond motifs is 1. The van der Waals surface area contributed by atoms with E-state index in [4.69, 9.17) is 4.74 Å². The second-order valence-electron chi connectivity index (χ2n) is 4.61. The minimum Gasteiger partial charge on any atom is -0.358 e. The van der Waals surface area contributed by atoms with Crippen LogP contribution in [0, 0.1) is 0 Å². The molecule has 0 bridgehead atoms. The second-order valence-corrected chi connectivity index (χ2v) is 4.61. The van der Waals surface area contributed by atoms with Crippen LogP contribution < -0.4 is 0 Å². The summed E-state index contributed by atoms with van der Waals surface area (Å²) >= 11 is 0. The van der Waals surface area contributed by atoms with Gasteiger partial charge in [-0.05, 0) is 37.0 Å². The van der Waals surface area contributed by atoms with Crippen molar-refractivity contribution in [3.05, 3.63) is 30.1 Å². The quantitative estimate of drug-likeness (QED) is 0.761. The van der Waals surface area contributed by atoms with Crippen molar-refractivity contribution in [2.24, 2.45) is 4.99 Å². The van der Waals surface area contributed by atoms with E-state index in [9.17, 15) is 0 Å². The van der Waals surface area contributed by atoms with Crippen molar-refractivity contribution in [3.63, 3.8) is 0 Å². The Morgan fingerprint density at radius 2 is 2.39 bits per heavy atom. The molecule has 0 radical (unpaired) electrons. The Morgan fingerprint density at radius 1 is 1.44 bits per heavy atom. The second kappa shape index (κ2) is 4.90. The summed E-state index contributed by atoms with van der Waals surface area (Å²) in [4.78, 5) is 8.48. The molecule has 1 saturated heterocycles. The number of imidazole rings is 1. The molecule has 1 atom stereocenters. The van der Waals surface area contributed by atoms with Crippen molar-refractivity contribution in [3.8, 4) is 0 Å². The number of ether oxygens (including phenoxy) is 1. The maximum absolute atomic E-state index is 5.80. The van der Waals surface area contributed by atoms with E-state index in [1.54, 1.807) is 7.05 Å². The molecule has 1 aromatic carbocycles. The zero-order valence-electron chi connectivity index (χ0n) is 10.5. The van der Waals surface area contributed by atoms with Crippen molar-refractivity contribution in [2.45, 2.75) is 25.5 Å². The third-order valence-corrected chi connectivity index (χ3v) is 3.34. The summed E-state index contributed by atoms with van der Waals surface area (Å²) in [6.07, 6.45) is 7.34. The first kappa shape index (κ1) is 11.4. The predicted molar refractivity (Wildman–Crippen MR) is 72.1 cm³/mol. The molecule has 18 heavy (non-hydrogen) atoms. The van der Waals surface area contributed by atoms with Gasteiger partial charge in [0.1, 0.15) is 6.23 Å². The van der Waals surface area contributed by atoms with Gasteiger partial charge in [0.15, 0.2) is 0 Å². The van der Waals surface area contributed by atoms with Gasteiger partial charge in [-0.1, -0.05) is 6.07 Å². The molecule has 0 spiro atoms. The van der Waals surface area contributed by atoms with E-state index in [1.807, 2.05) is 12.5 Å². The van der Waals surface area contributed by atoms with Crippen LogP contribution in [-0.2, 0) is 4.74 Å². The van der Waals surface area contributed by atoms with Gasteiger partial charge in [-0.3, -0.25) is 4.99 Å². The van der Waals surface area contributed by atoms with Crippen LogP contribution in [0.25, 0.3) is 11.0 Å². The first-order valence-corrected chi connectivity index (χ1v) is 6.39. The highest BCUT2D eigenvalue weighted by Crippen LogP contribution is 2.26. The molecule has 1 aliphatic rings. The van der Waals surface area contributed by atoms with Crippen molar-refractivity contribution >= 4 is 17.2 Å². The van der Waals surface area contributed by atoms with Crippen LogP contribution in [0.3, 0.4) is 0 Å². The lowest BCUT2D eigenvalue weighted by atomic mass is 10.1. The van der Waals surface area contributed by atoms with Crippen molar-refractivity contribution in [2.75, 3.05) is 13.7 Å². The minimum atomic E-state index is 0.148. The first-order valence-electron chi connectivity index (χ1n) is 6.39. The molecule has 0 amide bonds. The molecular formula is C14H17N3O. The van der Waals surface area contributed by atoms with E-state index in [2.05, 4.69) is 32.7 Å². The lowest BCUT2D eigenvalue weighted by Crippen LogP contribution is -2.17. The highest BCUT2D eigenvalue weighted by molar-refractivity contribution is 5.87. The van der Waals surface area contributed by atoms with Gasteiger partial charge in [0.2, 0.25) is 0 Å². The summed E-state index contributed by atoms with van der Waals surface area (Å²) < 4.78 is 7.95. The summed E-state index contributed by atoms with van der Waals surface area (Å²) in [5.74, 6) is 0. The summed E-state index contributed by atoms with van der Waals surface area (Å²) in [7, 11) is 1.78. The van der Waals surface area contributed by atoms with Crippen LogP contribution >= 0.6 is 0 Å². The van der Waals surface area contributed by atoms with Gasteiger partial charge in [-0.2, -0.15) is 0 Å².